The van der Waals surface area contributed by atoms with Crippen molar-refractivity contribution in [2.24, 2.45) is 11.8 Å². The Bertz CT molecular complexity index is 1420. The minimum absolute atomic E-state index is 0.00496. The molecule has 0 spiro atoms. The summed E-state index contributed by atoms with van der Waals surface area (Å²) in [4.78, 5) is 0.405. The maximum Gasteiger partial charge on any atom is 0.497 e. The zero-order chi connectivity index (χ0) is 35.9. The highest BCUT2D eigenvalue weighted by Crippen LogP contribution is 2.39. The second-order valence-corrected chi connectivity index (χ2v) is 17.3. The molecule has 4 aliphatic rings. The first-order chi connectivity index (χ1) is 22.9. The van der Waals surface area contributed by atoms with E-state index < -0.39 is 36.6 Å². The predicted molar refractivity (Wildman–Crippen MR) is 196 cm³/mol. The Morgan fingerprint density at radius 3 is 1.47 bits per heavy atom. The van der Waals surface area contributed by atoms with Crippen LogP contribution in [0, 0.1) is 23.5 Å². The van der Waals surface area contributed by atoms with Crippen molar-refractivity contribution in [2.45, 2.75) is 141 Å². The van der Waals surface area contributed by atoms with Gasteiger partial charge in [-0.25, -0.2) is 8.78 Å². The second kappa shape index (κ2) is 15.0. The average molecular weight is 747 g/mol. The van der Waals surface area contributed by atoms with Crippen LogP contribution in [0.2, 0.25) is 0 Å². The first kappa shape index (κ1) is 38.9. The molecule has 0 N–H and O–H groups in total. The van der Waals surface area contributed by atoms with Gasteiger partial charge in [0.15, 0.2) is 0 Å². The summed E-state index contributed by atoms with van der Waals surface area (Å²) in [6.07, 6.45) is 5.09. The SMILES string of the molecule is CCC1CCC(c2ccc(B3OC(C)(C)C(C)(C)O3)c(F)c2)OC1.CCC1COC(c2ccc(B3OC(C)(C)C(C)(C)O3)c(F)c2)CC1Br. The van der Waals surface area contributed by atoms with Crippen molar-refractivity contribution in [1.82, 2.24) is 0 Å². The summed E-state index contributed by atoms with van der Waals surface area (Å²) in [5.41, 5.74) is 0.787. The van der Waals surface area contributed by atoms with Gasteiger partial charge in [0.05, 0.1) is 47.8 Å². The Kier molecular flexibility index (Phi) is 11.9. The lowest BCUT2D eigenvalue weighted by atomic mass is 9.78. The van der Waals surface area contributed by atoms with Gasteiger partial charge in [0.2, 0.25) is 0 Å². The lowest BCUT2D eigenvalue weighted by Crippen LogP contribution is -2.41. The van der Waals surface area contributed by atoms with Gasteiger partial charge in [-0.05, 0) is 110 Å². The van der Waals surface area contributed by atoms with Gasteiger partial charge in [0.1, 0.15) is 11.6 Å². The van der Waals surface area contributed by atoms with Crippen molar-refractivity contribution in [2.75, 3.05) is 13.2 Å². The van der Waals surface area contributed by atoms with Gasteiger partial charge in [-0.2, -0.15) is 0 Å². The third-order valence-corrected chi connectivity index (χ3v) is 12.9. The van der Waals surface area contributed by atoms with Crippen molar-refractivity contribution in [3.8, 4) is 0 Å². The summed E-state index contributed by atoms with van der Waals surface area (Å²) < 4.78 is 65.2. The molecule has 4 aliphatic heterocycles. The molecule has 11 heteroatoms. The van der Waals surface area contributed by atoms with E-state index in [4.69, 9.17) is 28.1 Å². The maximum atomic E-state index is 14.8. The van der Waals surface area contributed by atoms with Crippen LogP contribution in [0.25, 0.3) is 0 Å². The van der Waals surface area contributed by atoms with E-state index in [-0.39, 0.29) is 23.8 Å². The summed E-state index contributed by atoms with van der Waals surface area (Å²) in [5, 5.41) is 0. The Balaban J connectivity index is 0.000000191. The highest BCUT2D eigenvalue weighted by Gasteiger charge is 2.53. The van der Waals surface area contributed by atoms with Crippen LogP contribution in [0.1, 0.15) is 125 Å². The van der Waals surface area contributed by atoms with Gasteiger partial charge in [-0.1, -0.05) is 66.9 Å². The smallest absolute Gasteiger partial charge is 0.399 e. The second-order valence-electron chi connectivity index (χ2n) is 16.2. The van der Waals surface area contributed by atoms with E-state index in [1.54, 1.807) is 24.3 Å². The van der Waals surface area contributed by atoms with Crippen molar-refractivity contribution < 1.29 is 36.9 Å². The van der Waals surface area contributed by atoms with Crippen LogP contribution in [-0.2, 0) is 28.1 Å². The number of hydrogen-bond acceptors (Lipinski definition) is 6. The van der Waals surface area contributed by atoms with E-state index in [0.29, 0.717) is 34.2 Å². The molecule has 5 unspecified atom stereocenters. The molecule has 0 aliphatic carbocycles. The molecule has 6 nitrogen and oxygen atoms in total. The van der Waals surface area contributed by atoms with Gasteiger partial charge >= 0.3 is 14.2 Å². The summed E-state index contributed by atoms with van der Waals surface area (Å²) in [6.45, 7) is 21.6. The Hall–Kier alpha value is -1.33. The monoisotopic (exact) mass is 746 g/mol. The van der Waals surface area contributed by atoms with Crippen LogP contribution in [0.3, 0.4) is 0 Å². The molecule has 2 aromatic carbocycles. The zero-order valence-corrected chi connectivity index (χ0v) is 32.6. The van der Waals surface area contributed by atoms with Crippen LogP contribution in [0.5, 0.6) is 0 Å². The Labute approximate surface area is 302 Å². The average Bonchev–Trinajstić information content (AvgIpc) is 3.40. The topological polar surface area (TPSA) is 55.4 Å². The summed E-state index contributed by atoms with van der Waals surface area (Å²) in [5.74, 6) is 0.566. The number of halogens is 3. The molecule has 5 atom stereocenters. The van der Waals surface area contributed by atoms with Crippen molar-refractivity contribution in [3.63, 3.8) is 0 Å². The van der Waals surface area contributed by atoms with Gasteiger partial charge in [-0.3, -0.25) is 0 Å². The van der Waals surface area contributed by atoms with Gasteiger partial charge in [0.25, 0.3) is 0 Å². The summed E-state index contributed by atoms with van der Waals surface area (Å²) in [6, 6.07) is 10.6. The van der Waals surface area contributed by atoms with Crippen molar-refractivity contribution in [3.05, 3.63) is 59.2 Å². The molecule has 0 saturated carbocycles. The van der Waals surface area contributed by atoms with Crippen LogP contribution in [0.4, 0.5) is 8.78 Å². The van der Waals surface area contributed by atoms with E-state index in [1.165, 1.54) is 0 Å². The van der Waals surface area contributed by atoms with Crippen molar-refractivity contribution >= 4 is 41.1 Å². The van der Waals surface area contributed by atoms with E-state index in [9.17, 15) is 8.78 Å². The molecule has 0 amide bonds. The maximum absolute atomic E-state index is 14.8. The van der Waals surface area contributed by atoms with E-state index in [2.05, 4.69) is 29.8 Å². The molecule has 270 valence electrons. The fourth-order valence-electron chi connectivity index (χ4n) is 6.62. The van der Waals surface area contributed by atoms with Crippen LogP contribution >= 0.6 is 15.9 Å². The first-order valence-electron chi connectivity index (χ1n) is 18.0. The molecule has 4 saturated heterocycles. The largest absolute Gasteiger partial charge is 0.497 e. The number of alkyl halides is 1. The molecule has 6 rings (SSSR count). The number of ether oxygens (including phenoxy) is 2. The number of rotatable bonds is 6. The van der Waals surface area contributed by atoms with E-state index in [1.807, 2.05) is 67.5 Å². The summed E-state index contributed by atoms with van der Waals surface area (Å²) >= 11 is 3.75. The normalized spacial score (nSPS) is 30.2. The minimum Gasteiger partial charge on any atom is -0.399 e. The Morgan fingerprint density at radius 1 is 0.653 bits per heavy atom. The van der Waals surface area contributed by atoms with Gasteiger partial charge in [-0.15, -0.1) is 0 Å². The van der Waals surface area contributed by atoms with Crippen LogP contribution in [0.15, 0.2) is 36.4 Å². The lowest BCUT2D eigenvalue weighted by Gasteiger charge is -2.33. The van der Waals surface area contributed by atoms with Gasteiger partial charge in [0, 0.05) is 15.8 Å². The van der Waals surface area contributed by atoms with Crippen LogP contribution in [-0.4, -0.2) is 54.7 Å². The number of benzene rings is 2. The predicted octanol–water partition coefficient (Wildman–Crippen LogP) is 8.38. The Morgan fingerprint density at radius 2 is 1.10 bits per heavy atom. The lowest BCUT2D eigenvalue weighted by molar-refractivity contribution is -0.0182. The fraction of sp³-hybridized carbons (Fsp3) is 0.684. The van der Waals surface area contributed by atoms with E-state index in [0.717, 1.165) is 49.8 Å². The molecule has 49 heavy (non-hydrogen) atoms. The molecule has 0 radical (unpaired) electrons. The first-order valence-corrected chi connectivity index (χ1v) is 19.0. The summed E-state index contributed by atoms with van der Waals surface area (Å²) in [7, 11) is -1.35. The van der Waals surface area contributed by atoms with Gasteiger partial charge < -0.3 is 28.1 Å². The highest BCUT2D eigenvalue weighted by atomic mass is 79.9. The van der Waals surface area contributed by atoms with E-state index >= 15 is 0 Å². The highest BCUT2D eigenvalue weighted by molar-refractivity contribution is 9.09. The third kappa shape index (κ3) is 8.34. The molecular weight excluding hydrogens is 692 g/mol. The molecule has 4 heterocycles. The number of hydrogen-bond donors (Lipinski definition) is 0. The third-order valence-electron chi connectivity index (χ3n) is 11.7. The quantitative estimate of drug-likeness (QED) is 0.219. The zero-order valence-electron chi connectivity index (χ0n) is 31.0. The fourth-order valence-corrected chi connectivity index (χ4v) is 7.48. The van der Waals surface area contributed by atoms with Crippen molar-refractivity contribution in [1.29, 1.82) is 0 Å². The standard InChI is InChI=1S/C19H27BBrFO3.C19H28BFO3/c1-6-12-11-23-17(10-15(12)21)13-7-8-14(16(22)9-13)20-24-18(2,3)19(4,5)25-20;1-6-13-7-10-17(22-12-13)14-8-9-15(16(21)11-14)20-23-18(2,3)19(4,5)24-20/h7-9,12,15,17H,6,10-11H2,1-5H3;8-9,11,13,17H,6-7,10,12H2,1-5H3. The molecule has 0 bridgehead atoms. The molecule has 4 fully saturated rings. The molecular formula is C38H55B2BrF2O6. The minimum atomic E-state index is -0.681. The van der Waals surface area contributed by atoms with Crippen LogP contribution < -0.4 is 10.9 Å². The molecule has 2 aromatic rings. The molecule has 0 aromatic heterocycles.